The minimum absolute atomic E-state index is 0.0120. The maximum absolute atomic E-state index is 13.5. The van der Waals surface area contributed by atoms with E-state index in [1.807, 2.05) is 42.2 Å². The Morgan fingerprint density at radius 2 is 1.58 bits per heavy atom. The maximum atomic E-state index is 13.5. The lowest BCUT2D eigenvalue weighted by Crippen LogP contribution is -2.44. The lowest BCUT2D eigenvalue weighted by molar-refractivity contribution is -0.137. The van der Waals surface area contributed by atoms with Crippen molar-refractivity contribution in [1.82, 2.24) is 4.90 Å². The van der Waals surface area contributed by atoms with Gasteiger partial charge < -0.3 is 9.64 Å². The number of benzene rings is 3. The van der Waals surface area contributed by atoms with E-state index in [9.17, 15) is 18.0 Å². The first kappa shape index (κ1) is 27.7. The van der Waals surface area contributed by atoms with Crippen LogP contribution < -0.4 is 4.74 Å². The predicted octanol–water partition coefficient (Wildman–Crippen LogP) is 8.07. The van der Waals surface area contributed by atoms with E-state index < -0.39 is 11.7 Å². The number of alkyl halides is 3. The van der Waals surface area contributed by atoms with Crippen LogP contribution in [0.3, 0.4) is 0 Å². The van der Waals surface area contributed by atoms with Gasteiger partial charge in [0.2, 0.25) is 5.91 Å². The van der Waals surface area contributed by atoms with Crippen LogP contribution in [0, 0.1) is 11.8 Å². The highest BCUT2D eigenvalue weighted by Gasteiger charge is 2.34. The average molecular weight is 524 g/mol. The first-order valence-electron chi connectivity index (χ1n) is 13.4. The molecule has 6 heteroatoms. The fourth-order valence-electron chi connectivity index (χ4n) is 5.24. The van der Waals surface area contributed by atoms with Gasteiger partial charge in [-0.3, -0.25) is 4.79 Å². The van der Waals surface area contributed by atoms with Gasteiger partial charge in [0.05, 0.1) is 11.5 Å². The number of piperidine rings is 1. The molecule has 1 aliphatic heterocycles. The number of halogens is 3. The first-order valence-corrected chi connectivity index (χ1v) is 13.4. The number of nitrogens with zero attached hydrogens (tertiary/aromatic N) is 1. The van der Waals surface area contributed by atoms with Gasteiger partial charge >= 0.3 is 6.18 Å². The van der Waals surface area contributed by atoms with Crippen LogP contribution in [0.4, 0.5) is 13.2 Å². The summed E-state index contributed by atoms with van der Waals surface area (Å²) in [5, 5.41) is 0. The summed E-state index contributed by atoms with van der Waals surface area (Å²) in [7, 11) is 0. The summed E-state index contributed by atoms with van der Waals surface area (Å²) in [4.78, 5) is 15.5. The van der Waals surface area contributed by atoms with Gasteiger partial charge in [0.1, 0.15) is 11.9 Å². The molecule has 0 radical (unpaired) electrons. The van der Waals surface area contributed by atoms with Crippen molar-refractivity contribution in [2.45, 2.75) is 58.2 Å². The zero-order valence-electron chi connectivity index (χ0n) is 22.2. The van der Waals surface area contributed by atoms with E-state index in [1.54, 1.807) is 0 Å². The predicted molar refractivity (Wildman–Crippen MR) is 144 cm³/mol. The molecule has 0 aromatic heterocycles. The van der Waals surface area contributed by atoms with Gasteiger partial charge in [-0.2, -0.15) is 13.2 Å². The lowest BCUT2D eigenvalue weighted by Gasteiger charge is -2.38. The fraction of sp³-hybridized carbons (Fsp3) is 0.406. The molecule has 0 N–H and O–H groups in total. The Balaban J connectivity index is 1.50. The van der Waals surface area contributed by atoms with Crippen molar-refractivity contribution in [3.8, 4) is 5.75 Å². The molecule has 202 valence electrons. The van der Waals surface area contributed by atoms with Gasteiger partial charge in [-0.25, -0.2) is 0 Å². The summed E-state index contributed by atoms with van der Waals surface area (Å²) >= 11 is 0. The van der Waals surface area contributed by atoms with Crippen molar-refractivity contribution in [1.29, 1.82) is 0 Å². The van der Waals surface area contributed by atoms with E-state index in [1.165, 1.54) is 17.7 Å². The summed E-state index contributed by atoms with van der Waals surface area (Å²) in [5.74, 6) is 0.802. The second-order valence-corrected chi connectivity index (χ2v) is 10.7. The van der Waals surface area contributed by atoms with Gasteiger partial charge in [0.15, 0.2) is 0 Å². The second kappa shape index (κ2) is 12.1. The van der Waals surface area contributed by atoms with Crippen molar-refractivity contribution in [3.63, 3.8) is 0 Å². The molecule has 3 atom stereocenters. The number of amides is 1. The van der Waals surface area contributed by atoms with E-state index in [0.29, 0.717) is 24.8 Å². The zero-order valence-corrected chi connectivity index (χ0v) is 22.2. The standard InChI is InChI=1S/C32H36F3NO2/c1-22(2)20-24-11-13-25(14-12-24)23(3)31(37)36-19-7-10-27(21-36)30(26-8-5-4-6-9-26)38-29-17-15-28(16-18-29)32(33,34)35/h4-6,8-9,11-18,22-23,27,30H,7,10,19-21H2,1-3H3/t23-,27+,30-/m0/s1. The molecule has 0 bridgehead atoms. The number of ether oxygens (including phenoxy) is 1. The third-order valence-electron chi connectivity index (χ3n) is 7.26. The summed E-state index contributed by atoms with van der Waals surface area (Å²) < 4.78 is 45.4. The third kappa shape index (κ3) is 6.97. The highest BCUT2D eigenvalue weighted by atomic mass is 19.4. The lowest BCUT2D eigenvalue weighted by atomic mass is 9.87. The Morgan fingerprint density at radius 3 is 2.18 bits per heavy atom. The molecule has 0 unspecified atom stereocenters. The quantitative estimate of drug-likeness (QED) is 0.299. The van der Waals surface area contributed by atoms with E-state index in [-0.39, 0.29) is 23.8 Å². The molecule has 0 aliphatic carbocycles. The number of carbonyl (C=O) groups excluding carboxylic acids is 1. The van der Waals surface area contributed by atoms with Gasteiger partial charge in [-0.1, -0.05) is 68.4 Å². The van der Waals surface area contributed by atoms with Crippen LogP contribution in [0.2, 0.25) is 0 Å². The number of likely N-dealkylation sites (tertiary alicyclic amines) is 1. The Morgan fingerprint density at radius 1 is 0.921 bits per heavy atom. The zero-order chi connectivity index (χ0) is 27.3. The van der Waals surface area contributed by atoms with Crippen molar-refractivity contribution in [2.24, 2.45) is 11.8 Å². The monoisotopic (exact) mass is 523 g/mol. The van der Waals surface area contributed by atoms with E-state index in [2.05, 4.69) is 38.1 Å². The first-order chi connectivity index (χ1) is 18.1. The highest BCUT2D eigenvalue weighted by molar-refractivity contribution is 5.83. The van der Waals surface area contributed by atoms with Crippen LogP contribution >= 0.6 is 0 Å². The number of hydrogen-bond donors (Lipinski definition) is 0. The van der Waals surface area contributed by atoms with Crippen LogP contribution in [0.25, 0.3) is 0 Å². The summed E-state index contributed by atoms with van der Waals surface area (Å²) in [6, 6.07) is 22.9. The topological polar surface area (TPSA) is 29.5 Å². The normalized spacial score (nSPS) is 17.8. The van der Waals surface area contributed by atoms with Crippen LogP contribution in [0.1, 0.15) is 67.9 Å². The molecule has 1 amide bonds. The van der Waals surface area contributed by atoms with Gasteiger partial charge in [0.25, 0.3) is 0 Å². The number of rotatable bonds is 8. The van der Waals surface area contributed by atoms with Gasteiger partial charge in [-0.05, 0) is 73.1 Å². The molecular weight excluding hydrogens is 487 g/mol. The second-order valence-electron chi connectivity index (χ2n) is 10.7. The Bertz CT molecular complexity index is 1170. The molecule has 0 saturated carbocycles. The van der Waals surface area contributed by atoms with Crippen molar-refractivity contribution in [2.75, 3.05) is 13.1 Å². The molecule has 38 heavy (non-hydrogen) atoms. The number of carbonyl (C=O) groups is 1. The van der Waals surface area contributed by atoms with Crippen LogP contribution in [-0.2, 0) is 17.4 Å². The Kier molecular flexibility index (Phi) is 8.80. The van der Waals surface area contributed by atoms with Crippen molar-refractivity contribution >= 4 is 5.91 Å². The molecular formula is C32H36F3NO2. The van der Waals surface area contributed by atoms with Crippen LogP contribution in [0.5, 0.6) is 5.75 Å². The Labute approximate surface area is 223 Å². The number of hydrogen-bond acceptors (Lipinski definition) is 2. The van der Waals surface area contributed by atoms with Gasteiger partial charge in [0, 0.05) is 19.0 Å². The minimum atomic E-state index is -4.40. The molecule has 1 aliphatic rings. The van der Waals surface area contributed by atoms with Crippen LogP contribution in [0.15, 0.2) is 78.9 Å². The Hall–Kier alpha value is -3.28. The molecule has 3 nitrogen and oxygen atoms in total. The SMILES string of the molecule is CC(C)Cc1ccc([C@H](C)C(=O)N2CCC[C@@H]([C@@H](Oc3ccc(C(F)(F)F)cc3)c3ccccc3)C2)cc1. The summed E-state index contributed by atoms with van der Waals surface area (Å²) in [6.07, 6.45) is -2.06. The van der Waals surface area contributed by atoms with Gasteiger partial charge in [-0.15, -0.1) is 0 Å². The minimum Gasteiger partial charge on any atom is -0.485 e. The summed E-state index contributed by atoms with van der Waals surface area (Å²) in [5.41, 5.74) is 2.51. The van der Waals surface area contributed by atoms with E-state index >= 15 is 0 Å². The molecule has 3 aromatic carbocycles. The third-order valence-corrected chi connectivity index (χ3v) is 7.26. The summed E-state index contributed by atoms with van der Waals surface area (Å²) in [6.45, 7) is 7.56. The highest BCUT2D eigenvalue weighted by Crippen LogP contribution is 2.36. The van der Waals surface area contributed by atoms with E-state index in [0.717, 1.165) is 42.5 Å². The molecule has 1 fully saturated rings. The average Bonchev–Trinajstić information content (AvgIpc) is 2.91. The maximum Gasteiger partial charge on any atom is 0.416 e. The van der Waals surface area contributed by atoms with E-state index in [4.69, 9.17) is 4.74 Å². The smallest absolute Gasteiger partial charge is 0.416 e. The molecule has 0 spiro atoms. The van der Waals surface area contributed by atoms with Crippen molar-refractivity contribution in [3.05, 3.63) is 101 Å². The molecule has 1 saturated heterocycles. The molecule has 3 aromatic rings. The van der Waals surface area contributed by atoms with Crippen LogP contribution in [-0.4, -0.2) is 23.9 Å². The van der Waals surface area contributed by atoms with Crippen molar-refractivity contribution < 1.29 is 22.7 Å². The largest absolute Gasteiger partial charge is 0.485 e. The molecule has 4 rings (SSSR count). The fourth-order valence-corrected chi connectivity index (χ4v) is 5.24. The molecule has 1 heterocycles.